The Balaban J connectivity index is 1.76. The van der Waals surface area contributed by atoms with Gasteiger partial charge in [0.15, 0.2) is 0 Å². The number of aromatic carboxylic acids is 1. The number of carboxylic acid groups (broad SMARTS) is 1. The predicted octanol–water partition coefficient (Wildman–Crippen LogP) is 6.47. The highest BCUT2D eigenvalue weighted by Gasteiger charge is 2.35. The summed E-state index contributed by atoms with van der Waals surface area (Å²) in [5.74, 6) is -2.47. The summed E-state index contributed by atoms with van der Waals surface area (Å²) in [7, 11) is 0. The predicted molar refractivity (Wildman–Crippen MR) is 143 cm³/mol. The molecule has 0 atom stereocenters. The highest BCUT2D eigenvalue weighted by Crippen LogP contribution is 2.39. The van der Waals surface area contributed by atoms with Gasteiger partial charge in [-0.25, -0.2) is 4.79 Å². The van der Waals surface area contributed by atoms with Crippen molar-refractivity contribution in [2.45, 2.75) is 45.8 Å². The standard InChI is InChI=1S/C30H29F3N2O5/c1-18-8-9-21(16-19(18)2)28(37)35(22-12-14-34(15-13-22)20(3)36)26-11-10-23(17-24(26)29(38)39)40-27-7-5-4-6-25(27)30(31,32)33/h4-11,16-17,22H,12-15H2,1-3H3,(H,38,39). The first-order chi connectivity index (χ1) is 18.9. The molecule has 1 fully saturated rings. The molecule has 1 saturated heterocycles. The lowest BCUT2D eigenvalue weighted by Crippen LogP contribution is -2.49. The van der Waals surface area contributed by atoms with Gasteiger partial charge in [0, 0.05) is 31.6 Å². The van der Waals surface area contributed by atoms with Crippen LogP contribution < -0.4 is 9.64 Å². The highest BCUT2D eigenvalue weighted by molar-refractivity contribution is 6.10. The first-order valence-electron chi connectivity index (χ1n) is 12.7. The fourth-order valence-corrected chi connectivity index (χ4v) is 4.80. The van der Waals surface area contributed by atoms with Gasteiger partial charge in [-0.15, -0.1) is 0 Å². The molecule has 0 radical (unpaired) electrons. The number of aryl methyl sites for hydroxylation is 2. The lowest BCUT2D eigenvalue weighted by Gasteiger charge is -2.39. The second-order valence-electron chi connectivity index (χ2n) is 9.79. The molecule has 210 valence electrons. The number of nitrogens with zero attached hydrogens (tertiary/aromatic N) is 2. The van der Waals surface area contributed by atoms with E-state index in [0.717, 1.165) is 29.3 Å². The Labute approximate surface area is 229 Å². The quantitative estimate of drug-likeness (QED) is 0.377. The van der Waals surface area contributed by atoms with Crippen LogP contribution in [-0.2, 0) is 11.0 Å². The maximum absolute atomic E-state index is 13.9. The minimum atomic E-state index is -4.67. The second-order valence-corrected chi connectivity index (χ2v) is 9.79. The van der Waals surface area contributed by atoms with E-state index < -0.39 is 35.4 Å². The number of amides is 2. The summed E-state index contributed by atoms with van der Waals surface area (Å²) in [5.41, 5.74) is 1.04. The van der Waals surface area contributed by atoms with Crippen molar-refractivity contribution in [1.82, 2.24) is 4.90 Å². The van der Waals surface area contributed by atoms with E-state index in [2.05, 4.69) is 0 Å². The number of hydrogen-bond acceptors (Lipinski definition) is 4. The third-order valence-electron chi connectivity index (χ3n) is 7.13. The van der Waals surface area contributed by atoms with Crippen molar-refractivity contribution in [3.63, 3.8) is 0 Å². The summed E-state index contributed by atoms with van der Waals surface area (Å²) < 4.78 is 45.9. The van der Waals surface area contributed by atoms with E-state index in [9.17, 15) is 32.7 Å². The summed E-state index contributed by atoms with van der Waals surface area (Å²) in [6, 6.07) is 13.3. The van der Waals surface area contributed by atoms with Gasteiger partial charge in [0.1, 0.15) is 11.5 Å². The van der Waals surface area contributed by atoms with Gasteiger partial charge >= 0.3 is 12.1 Å². The number of carboxylic acids is 1. The number of halogens is 3. The molecule has 1 aliphatic heterocycles. The molecule has 3 aromatic rings. The molecule has 40 heavy (non-hydrogen) atoms. The zero-order valence-electron chi connectivity index (χ0n) is 22.3. The van der Waals surface area contributed by atoms with Crippen molar-refractivity contribution in [3.8, 4) is 11.5 Å². The van der Waals surface area contributed by atoms with Crippen LogP contribution in [0.4, 0.5) is 18.9 Å². The van der Waals surface area contributed by atoms with Crippen LogP contribution in [0.1, 0.15) is 57.2 Å². The molecule has 4 rings (SSSR count). The number of likely N-dealkylation sites (tertiary alicyclic amines) is 1. The Hall–Kier alpha value is -4.34. The molecule has 0 aliphatic carbocycles. The maximum Gasteiger partial charge on any atom is 0.419 e. The average Bonchev–Trinajstić information content (AvgIpc) is 2.91. The first kappa shape index (κ1) is 28.7. The van der Waals surface area contributed by atoms with Crippen molar-refractivity contribution in [3.05, 3.63) is 88.5 Å². The van der Waals surface area contributed by atoms with Gasteiger partial charge in [-0.3, -0.25) is 9.59 Å². The normalized spacial score (nSPS) is 14.1. The molecule has 0 spiro atoms. The fraction of sp³-hybridized carbons (Fsp3) is 0.300. The largest absolute Gasteiger partial charge is 0.478 e. The maximum atomic E-state index is 13.9. The first-order valence-corrected chi connectivity index (χ1v) is 12.7. The molecule has 10 heteroatoms. The van der Waals surface area contributed by atoms with Crippen molar-refractivity contribution in [2.75, 3.05) is 18.0 Å². The van der Waals surface area contributed by atoms with Crippen molar-refractivity contribution >= 4 is 23.5 Å². The van der Waals surface area contributed by atoms with E-state index >= 15 is 0 Å². The van der Waals surface area contributed by atoms with Gasteiger partial charge in [0.05, 0.1) is 16.8 Å². The number of carbonyl (C=O) groups is 3. The number of rotatable bonds is 6. The van der Waals surface area contributed by atoms with E-state index in [0.29, 0.717) is 31.5 Å². The Morgan fingerprint density at radius 2 is 1.62 bits per heavy atom. The Morgan fingerprint density at radius 3 is 2.23 bits per heavy atom. The Morgan fingerprint density at radius 1 is 0.950 bits per heavy atom. The highest BCUT2D eigenvalue weighted by atomic mass is 19.4. The molecule has 1 N–H and O–H groups in total. The van der Waals surface area contributed by atoms with Crippen LogP contribution in [0.25, 0.3) is 0 Å². The number of carbonyl (C=O) groups excluding carboxylic acids is 2. The number of ether oxygens (including phenoxy) is 1. The summed E-state index contributed by atoms with van der Waals surface area (Å²) in [6.45, 7) is 6.05. The second kappa shape index (κ2) is 11.4. The molecule has 3 aromatic carbocycles. The van der Waals surface area contributed by atoms with Crippen LogP contribution in [0.5, 0.6) is 11.5 Å². The number of piperidine rings is 1. The van der Waals surface area contributed by atoms with E-state index in [1.165, 1.54) is 36.1 Å². The number of hydrogen-bond donors (Lipinski definition) is 1. The summed E-state index contributed by atoms with van der Waals surface area (Å²) in [6.07, 6.45) is -3.82. The summed E-state index contributed by atoms with van der Waals surface area (Å²) in [5, 5.41) is 10.1. The van der Waals surface area contributed by atoms with Crippen molar-refractivity contribution < 1.29 is 37.4 Å². The smallest absolute Gasteiger partial charge is 0.419 e. The summed E-state index contributed by atoms with van der Waals surface area (Å²) in [4.78, 5) is 41.3. The molecule has 0 aromatic heterocycles. The Bertz CT molecular complexity index is 1450. The number of alkyl halides is 3. The molecule has 7 nitrogen and oxygen atoms in total. The lowest BCUT2D eigenvalue weighted by atomic mass is 9.98. The molecule has 0 unspecified atom stereocenters. The minimum absolute atomic E-state index is 0.0858. The SMILES string of the molecule is CC(=O)N1CCC(N(C(=O)c2ccc(C)c(C)c2)c2ccc(Oc3ccccc3C(F)(F)F)cc2C(=O)O)CC1. The van der Waals surface area contributed by atoms with E-state index in [-0.39, 0.29) is 22.9 Å². The zero-order chi connectivity index (χ0) is 29.2. The van der Waals surface area contributed by atoms with Gasteiger partial charge in [-0.05, 0) is 80.3 Å². The summed E-state index contributed by atoms with van der Waals surface area (Å²) >= 11 is 0. The minimum Gasteiger partial charge on any atom is -0.478 e. The van der Waals surface area contributed by atoms with Crippen LogP contribution in [0.3, 0.4) is 0 Å². The van der Waals surface area contributed by atoms with Gasteiger partial charge < -0.3 is 19.6 Å². The van der Waals surface area contributed by atoms with Crippen molar-refractivity contribution in [1.29, 1.82) is 0 Å². The van der Waals surface area contributed by atoms with Gasteiger partial charge in [-0.1, -0.05) is 18.2 Å². The van der Waals surface area contributed by atoms with Crippen LogP contribution in [0, 0.1) is 13.8 Å². The molecule has 0 bridgehead atoms. The topological polar surface area (TPSA) is 87.2 Å². The molecule has 1 aliphatic rings. The van der Waals surface area contributed by atoms with Crippen molar-refractivity contribution in [2.24, 2.45) is 0 Å². The zero-order valence-corrected chi connectivity index (χ0v) is 22.3. The van der Waals surface area contributed by atoms with Crippen LogP contribution in [-0.4, -0.2) is 46.9 Å². The van der Waals surface area contributed by atoms with Crippen LogP contribution >= 0.6 is 0 Å². The monoisotopic (exact) mass is 554 g/mol. The van der Waals surface area contributed by atoms with E-state index in [1.807, 2.05) is 19.9 Å². The fourth-order valence-electron chi connectivity index (χ4n) is 4.80. The third-order valence-corrected chi connectivity index (χ3v) is 7.13. The third kappa shape index (κ3) is 6.11. The van der Waals surface area contributed by atoms with E-state index in [1.54, 1.807) is 17.0 Å². The molecule has 2 amide bonds. The van der Waals surface area contributed by atoms with Crippen LogP contribution in [0.15, 0.2) is 60.7 Å². The molecule has 1 heterocycles. The molecular weight excluding hydrogens is 525 g/mol. The molecule has 0 saturated carbocycles. The lowest BCUT2D eigenvalue weighted by molar-refractivity contribution is -0.138. The molecular formula is C30H29F3N2O5. The van der Waals surface area contributed by atoms with E-state index in [4.69, 9.17) is 4.74 Å². The van der Waals surface area contributed by atoms with Crippen LogP contribution in [0.2, 0.25) is 0 Å². The number of benzene rings is 3. The van der Waals surface area contributed by atoms with Gasteiger partial charge in [0.25, 0.3) is 5.91 Å². The Kier molecular flexibility index (Phi) is 8.18. The number of anilines is 1. The average molecular weight is 555 g/mol. The van der Waals surface area contributed by atoms with Gasteiger partial charge in [-0.2, -0.15) is 13.2 Å². The van der Waals surface area contributed by atoms with Gasteiger partial charge in [0.2, 0.25) is 5.91 Å². The number of para-hydroxylation sites is 1.